The molecule has 0 saturated heterocycles. The molecule has 9 nitrogen and oxygen atoms in total. The lowest BCUT2D eigenvalue weighted by Crippen LogP contribution is -2.37. The molecule has 0 saturated carbocycles. The third-order valence-corrected chi connectivity index (χ3v) is 17.0. The predicted molar refractivity (Wildman–Crippen MR) is 243 cm³/mol. The highest BCUT2D eigenvalue weighted by atomic mass is 79.9. The van der Waals surface area contributed by atoms with Crippen LogP contribution in [0.4, 0.5) is 0 Å². The molecule has 19 heteroatoms. The normalized spacial score (nSPS) is 16.5. The molecular formula is C36H25Br6ClN3O6P3. The van der Waals surface area contributed by atoms with Gasteiger partial charge in [-0.15, -0.1) is 16.9 Å². The minimum absolute atomic E-state index is 0. The fourth-order valence-electron chi connectivity index (χ4n) is 4.42. The smallest absolute Gasteiger partial charge is 0.440 e. The van der Waals surface area contributed by atoms with Gasteiger partial charge in [-0.25, -0.2) is 0 Å². The van der Waals surface area contributed by atoms with Gasteiger partial charge in [-0.3, -0.25) is 0 Å². The number of halogens is 7. The molecule has 0 radical (unpaired) electrons. The maximum Gasteiger partial charge on any atom is 0.447 e. The molecule has 0 N–H and O–H groups in total. The van der Waals surface area contributed by atoms with Crippen molar-refractivity contribution in [3.63, 3.8) is 0 Å². The van der Waals surface area contributed by atoms with Gasteiger partial charge in [-0.05, 0) is 146 Å². The molecule has 6 aromatic rings. The number of nitrogens with zero attached hydrogens (tertiary/aromatic N) is 3. The highest BCUT2D eigenvalue weighted by molar-refractivity contribution is 9.11. The number of rotatable bonds is 12. The van der Waals surface area contributed by atoms with Crippen LogP contribution in [0.1, 0.15) is 0 Å². The van der Waals surface area contributed by atoms with Crippen molar-refractivity contribution >= 4 is 133 Å². The number of hydrogen-bond donors (Lipinski definition) is 0. The molecule has 1 aliphatic rings. The zero-order chi connectivity index (χ0) is 37.7. The summed E-state index contributed by atoms with van der Waals surface area (Å²) in [6, 6.07) is 44.5. The Kier molecular flexibility index (Phi) is 15.5. The summed E-state index contributed by atoms with van der Waals surface area (Å²) in [5, 5.41) is 0. The molecule has 0 aliphatic carbocycles. The monoisotopic (exact) mass is 1200 g/mol. The molecular weight excluding hydrogens is 1180 g/mol. The van der Waals surface area contributed by atoms with E-state index >= 15 is 0 Å². The molecule has 0 fully saturated rings. The second-order valence-electron chi connectivity index (χ2n) is 10.9. The quantitative estimate of drug-likeness (QED) is 0.112. The van der Waals surface area contributed by atoms with Gasteiger partial charge < -0.3 is 27.8 Å². The van der Waals surface area contributed by atoms with E-state index in [9.17, 15) is 0 Å². The van der Waals surface area contributed by atoms with Crippen molar-refractivity contribution in [1.82, 2.24) is 9.21 Å². The Balaban J connectivity index is 0.00000514. The lowest BCUT2D eigenvalue weighted by atomic mass is 10.3. The minimum Gasteiger partial charge on any atom is -0.440 e. The van der Waals surface area contributed by atoms with Crippen LogP contribution in [0, 0.1) is 0 Å². The van der Waals surface area contributed by atoms with Gasteiger partial charge in [0.15, 0.2) is 0 Å². The summed E-state index contributed by atoms with van der Waals surface area (Å²) in [4.78, 5) is 13.6. The molecule has 284 valence electrons. The van der Waals surface area contributed by atoms with E-state index in [4.69, 9.17) is 32.3 Å². The molecule has 2 unspecified atom stereocenters. The number of benzene rings is 6. The van der Waals surface area contributed by atoms with E-state index in [0.29, 0.717) is 34.5 Å². The first kappa shape index (κ1) is 42.9. The van der Waals surface area contributed by atoms with Gasteiger partial charge in [-0.1, -0.05) is 95.6 Å². The van der Waals surface area contributed by atoms with Crippen LogP contribution in [0.25, 0.3) is 0 Å². The first-order chi connectivity index (χ1) is 26.1. The highest BCUT2D eigenvalue weighted by Gasteiger charge is 2.58. The Bertz CT molecular complexity index is 2180. The number of hydrogen-bond acceptors (Lipinski definition) is 9. The Hall–Kier alpha value is -1.70. The Morgan fingerprint density at radius 1 is 0.400 bits per heavy atom. The van der Waals surface area contributed by atoms with E-state index in [1.165, 1.54) is 0 Å². The molecule has 0 bridgehead atoms. The van der Waals surface area contributed by atoms with Gasteiger partial charge in [0.2, 0.25) is 0 Å². The van der Waals surface area contributed by atoms with Crippen LogP contribution in [-0.4, -0.2) is 9.21 Å². The van der Waals surface area contributed by atoms with E-state index in [0.717, 1.165) is 26.8 Å². The summed E-state index contributed by atoms with van der Waals surface area (Å²) in [7, 11) is -8.21. The average molecular weight is 1200 g/mol. The van der Waals surface area contributed by atoms with Gasteiger partial charge in [0.25, 0.3) is 0 Å². The molecule has 1 aliphatic heterocycles. The van der Waals surface area contributed by atoms with Crippen molar-refractivity contribution in [2.45, 2.75) is 0 Å². The Morgan fingerprint density at radius 3 is 1.09 bits per heavy atom. The molecule has 0 spiro atoms. The van der Waals surface area contributed by atoms with E-state index in [-0.39, 0.29) is 12.4 Å². The summed E-state index contributed by atoms with van der Waals surface area (Å²) in [6.45, 7) is 0. The van der Waals surface area contributed by atoms with Crippen molar-refractivity contribution in [1.29, 1.82) is 0 Å². The Labute approximate surface area is 377 Å². The van der Waals surface area contributed by atoms with Gasteiger partial charge in [-0.2, -0.15) is 0 Å². The van der Waals surface area contributed by atoms with Gasteiger partial charge in [0, 0.05) is 36.0 Å². The first-order valence-electron chi connectivity index (χ1n) is 15.6. The maximum absolute atomic E-state index is 6.98. The lowest BCUT2D eigenvalue weighted by molar-refractivity contribution is 0.0545. The standard InChI is InChI=1S/C36H24Br6N3O6P3.ClH/c37-25-1-13-31(14-2-25)46-44-52(48-33-17-5-27(39)6-18-33)43-54(50-35-21-9-29(41)10-22-35,51-36-23-11-30(42)12-24-36)45(47-32-15-3-26(38)4-16-32)53(44)49-34-19-7-28(40)8-20-34;/h1-24H;1H. The van der Waals surface area contributed by atoms with Crippen molar-refractivity contribution < 1.29 is 27.8 Å². The van der Waals surface area contributed by atoms with E-state index in [1.807, 2.05) is 146 Å². The maximum atomic E-state index is 6.98. The van der Waals surface area contributed by atoms with E-state index < -0.39 is 24.6 Å². The predicted octanol–water partition coefficient (Wildman–Crippen LogP) is 16.3. The lowest BCUT2D eigenvalue weighted by Gasteiger charge is -2.43. The second-order valence-corrected chi connectivity index (χ2v) is 21.9. The summed E-state index contributed by atoms with van der Waals surface area (Å²) in [5.41, 5.74) is 0. The van der Waals surface area contributed by atoms with Gasteiger partial charge in [0.1, 0.15) is 34.5 Å². The van der Waals surface area contributed by atoms with E-state index in [2.05, 4.69) is 95.6 Å². The van der Waals surface area contributed by atoms with Crippen LogP contribution in [-0.2, 0) is 0 Å². The molecule has 7 rings (SSSR count). The van der Waals surface area contributed by atoms with Crippen LogP contribution in [0.3, 0.4) is 0 Å². The zero-order valence-corrected chi connectivity index (χ0v) is 40.7. The SMILES string of the molecule is Brc1ccc(ON2P(Oc3ccc(Br)cc3)N=P(Oc3ccc(Br)cc3)(Oc3ccc(Br)cc3)N(Oc3ccc(Br)cc3)P2Oc2ccc(Br)cc2)cc1.Cl. The van der Waals surface area contributed by atoms with E-state index in [1.54, 1.807) is 9.21 Å². The molecule has 2 atom stereocenters. The van der Waals surface area contributed by atoms with Gasteiger partial charge >= 0.3 is 24.6 Å². The zero-order valence-electron chi connectivity index (χ0n) is 27.7. The fourth-order valence-corrected chi connectivity index (χ4v) is 13.5. The van der Waals surface area contributed by atoms with Crippen LogP contribution < -0.4 is 27.8 Å². The first-order valence-corrected chi connectivity index (χ1v) is 24.2. The fraction of sp³-hybridized carbons (Fsp3) is 0. The van der Waals surface area contributed by atoms with Crippen molar-refractivity contribution in [2.24, 2.45) is 4.52 Å². The molecule has 0 amide bonds. The van der Waals surface area contributed by atoms with Crippen LogP contribution in [0.15, 0.2) is 177 Å². The average Bonchev–Trinajstić information content (AvgIpc) is 3.16. The summed E-state index contributed by atoms with van der Waals surface area (Å²) >= 11 is 21.2. The minimum atomic E-state index is -3.85. The summed E-state index contributed by atoms with van der Waals surface area (Å²) < 4.78 is 41.4. The molecule has 55 heavy (non-hydrogen) atoms. The highest BCUT2D eigenvalue weighted by Crippen LogP contribution is 2.77. The third kappa shape index (κ3) is 11.5. The summed E-state index contributed by atoms with van der Waals surface area (Å²) in [5.74, 6) is 2.96. The molecule has 1 heterocycles. The van der Waals surface area contributed by atoms with Crippen LogP contribution in [0.2, 0.25) is 0 Å². The summed E-state index contributed by atoms with van der Waals surface area (Å²) in [6.07, 6.45) is 0. The molecule has 6 aromatic carbocycles. The van der Waals surface area contributed by atoms with Crippen molar-refractivity contribution in [2.75, 3.05) is 0 Å². The Morgan fingerprint density at radius 2 is 0.709 bits per heavy atom. The van der Waals surface area contributed by atoms with Crippen molar-refractivity contribution in [3.05, 3.63) is 172 Å². The molecule has 0 aromatic heterocycles. The van der Waals surface area contributed by atoms with Crippen molar-refractivity contribution in [3.8, 4) is 34.5 Å². The second kappa shape index (κ2) is 19.8. The largest absolute Gasteiger partial charge is 0.447 e. The third-order valence-electron chi connectivity index (χ3n) is 6.92. The topological polar surface area (TPSA) is 74.2 Å². The van der Waals surface area contributed by atoms with Crippen LogP contribution in [0.5, 0.6) is 34.5 Å². The van der Waals surface area contributed by atoms with Crippen LogP contribution >= 0.6 is 133 Å². The van der Waals surface area contributed by atoms with Gasteiger partial charge in [0.05, 0.1) is 0 Å².